The Kier molecular flexibility index (Phi) is 1.57. The van der Waals surface area contributed by atoms with E-state index < -0.39 is 0 Å². The van der Waals surface area contributed by atoms with Crippen molar-refractivity contribution in [2.24, 2.45) is 0 Å². The van der Waals surface area contributed by atoms with Crippen LogP contribution in [0.3, 0.4) is 0 Å². The van der Waals surface area contributed by atoms with E-state index in [1.54, 1.807) is 12.3 Å². The minimum atomic E-state index is -0.313. The van der Waals surface area contributed by atoms with Gasteiger partial charge < -0.3 is 0 Å². The maximum atomic E-state index is 13.0. The zero-order valence-corrected chi connectivity index (χ0v) is 6.79. The first kappa shape index (κ1) is 7.28. The van der Waals surface area contributed by atoms with Crippen LogP contribution in [-0.4, -0.2) is 9.61 Å². The second kappa shape index (κ2) is 2.59. The molecular formula is C9H9FN2. The summed E-state index contributed by atoms with van der Waals surface area (Å²) in [7, 11) is 0. The summed E-state index contributed by atoms with van der Waals surface area (Å²) >= 11 is 0. The zero-order valence-electron chi connectivity index (χ0n) is 6.79. The Labute approximate surface area is 69.6 Å². The van der Waals surface area contributed by atoms with E-state index in [0.29, 0.717) is 0 Å². The Morgan fingerprint density at radius 1 is 1.42 bits per heavy atom. The van der Waals surface area contributed by atoms with E-state index in [0.717, 1.165) is 17.5 Å². The van der Waals surface area contributed by atoms with Crippen molar-refractivity contribution in [3.63, 3.8) is 0 Å². The Balaban J connectivity index is 2.82. The van der Waals surface area contributed by atoms with Gasteiger partial charge in [0.1, 0.15) is 0 Å². The molecule has 0 spiro atoms. The molecule has 0 aromatic carbocycles. The van der Waals surface area contributed by atoms with Gasteiger partial charge in [-0.05, 0) is 24.1 Å². The van der Waals surface area contributed by atoms with Crippen molar-refractivity contribution in [1.29, 1.82) is 0 Å². The number of aryl methyl sites for hydroxylation is 1. The van der Waals surface area contributed by atoms with Gasteiger partial charge in [0.25, 0.3) is 0 Å². The normalized spacial score (nSPS) is 10.8. The number of pyridine rings is 1. The molecule has 2 rings (SSSR count). The lowest BCUT2D eigenvalue weighted by molar-refractivity contribution is 0.544. The Hall–Kier alpha value is -1.38. The van der Waals surface area contributed by atoms with Gasteiger partial charge >= 0.3 is 0 Å². The Morgan fingerprint density at radius 3 is 3.00 bits per heavy atom. The average Bonchev–Trinajstić information content (AvgIpc) is 2.54. The quantitative estimate of drug-likeness (QED) is 0.589. The molecule has 0 radical (unpaired) electrons. The van der Waals surface area contributed by atoms with Crippen LogP contribution in [-0.2, 0) is 6.42 Å². The van der Waals surface area contributed by atoms with Crippen LogP contribution in [0, 0.1) is 5.95 Å². The molecule has 62 valence electrons. The largest absolute Gasteiger partial charge is 0.214 e. The fourth-order valence-corrected chi connectivity index (χ4v) is 1.34. The highest BCUT2D eigenvalue weighted by Crippen LogP contribution is 2.12. The van der Waals surface area contributed by atoms with Crippen molar-refractivity contribution in [3.05, 3.63) is 35.9 Å². The molecule has 0 N–H and O–H groups in total. The first-order chi connectivity index (χ1) is 5.83. The third-order valence-electron chi connectivity index (χ3n) is 1.98. The number of fused-ring (bicyclic) bond motifs is 1. The van der Waals surface area contributed by atoms with E-state index in [9.17, 15) is 4.39 Å². The first-order valence-corrected chi connectivity index (χ1v) is 3.94. The molecule has 2 aromatic heterocycles. The van der Waals surface area contributed by atoms with Gasteiger partial charge in [0.2, 0.25) is 5.95 Å². The molecule has 0 fully saturated rings. The third kappa shape index (κ3) is 0.897. The van der Waals surface area contributed by atoms with E-state index in [1.807, 2.05) is 13.0 Å². The second-order valence-electron chi connectivity index (χ2n) is 2.66. The van der Waals surface area contributed by atoms with Crippen molar-refractivity contribution in [2.45, 2.75) is 13.3 Å². The molecule has 0 atom stereocenters. The molecule has 2 nitrogen and oxygen atoms in total. The molecule has 0 saturated heterocycles. The van der Waals surface area contributed by atoms with Crippen LogP contribution in [0.15, 0.2) is 24.4 Å². The molecule has 0 unspecified atom stereocenters. The SMILES string of the molecule is CCc1ccc(F)n2nccc12. The lowest BCUT2D eigenvalue weighted by Crippen LogP contribution is -1.96. The molecule has 0 saturated carbocycles. The monoisotopic (exact) mass is 164 g/mol. The maximum absolute atomic E-state index is 13.0. The molecule has 12 heavy (non-hydrogen) atoms. The number of hydrogen-bond acceptors (Lipinski definition) is 1. The van der Waals surface area contributed by atoms with Crippen LogP contribution >= 0.6 is 0 Å². The standard InChI is InChI=1S/C9H9FN2/c1-2-7-3-4-9(10)12-8(7)5-6-11-12/h3-6H,2H2,1H3. The van der Waals surface area contributed by atoms with Crippen molar-refractivity contribution >= 4 is 5.52 Å². The van der Waals surface area contributed by atoms with Crippen LogP contribution in [0.5, 0.6) is 0 Å². The van der Waals surface area contributed by atoms with Crippen LogP contribution < -0.4 is 0 Å². The number of aromatic nitrogens is 2. The average molecular weight is 164 g/mol. The topological polar surface area (TPSA) is 17.3 Å². The lowest BCUT2D eigenvalue weighted by atomic mass is 10.2. The molecule has 0 aliphatic heterocycles. The first-order valence-electron chi connectivity index (χ1n) is 3.94. The predicted molar refractivity (Wildman–Crippen MR) is 44.5 cm³/mol. The highest BCUT2D eigenvalue weighted by atomic mass is 19.1. The molecule has 0 aliphatic rings. The third-order valence-corrected chi connectivity index (χ3v) is 1.98. The van der Waals surface area contributed by atoms with E-state index in [2.05, 4.69) is 5.10 Å². The van der Waals surface area contributed by atoms with Gasteiger partial charge in [-0.3, -0.25) is 0 Å². The number of nitrogens with zero attached hydrogens (tertiary/aromatic N) is 2. The highest BCUT2D eigenvalue weighted by molar-refractivity contribution is 5.53. The van der Waals surface area contributed by atoms with E-state index in [4.69, 9.17) is 0 Å². The molecule has 0 bridgehead atoms. The fraction of sp³-hybridized carbons (Fsp3) is 0.222. The van der Waals surface area contributed by atoms with Crippen LogP contribution in [0.25, 0.3) is 5.52 Å². The summed E-state index contributed by atoms with van der Waals surface area (Å²) < 4.78 is 14.4. The van der Waals surface area contributed by atoms with Crippen molar-refractivity contribution < 1.29 is 4.39 Å². The smallest absolute Gasteiger partial charge is 0.206 e. The van der Waals surface area contributed by atoms with E-state index in [1.165, 1.54) is 10.6 Å². The fourth-order valence-electron chi connectivity index (χ4n) is 1.34. The lowest BCUT2D eigenvalue weighted by Gasteiger charge is -2.00. The molecule has 0 amide bonds. The predicted octanol–water partition coefficient (Wildman–Crippen LogP) is 2.04. The van der Waals surface area contributed by atoms with Gasteiger partial charge in [-0.1, -0.05) is 13.0 Å². The van der Waals surface area contributed by atoms with Crippen molar-refractivity contribution in [1.82, 2.24) is 9.61 Å². The summed E-state index contributed by atoms with van der Waals surface area (Å²) in [5, 5.41) is 3.87. The molecule has 3 heteroatoms. The van der Waals surface area contributed by atoms with Gasteiger partial charge in [0.05, 0.1) is 11.7 Å². The number of rotatable bonds is 1. The van der Waals surface area contributed by atoms with Gasteiger partial charge in [0.15, 0.2) is 0 Å². The maximum Gasteiger partial charge on any atom is 0.214 e. The summed E-state index contributed by atoms with van der Waals surface area (Å²) in [5.41, 5.74) is 1.98. The van der Waals surface area contributed by atoms with E-state index >= 15 is 0 Å². The van der Waals surface area contributed by atoms with Crippen molar-refractivity contribution in [2.75, 3.05) is 0 Å². The highest BCUT2D eigenvalue weighted by Gasteiger charge is 2.03. The summed E-state index contributed by atoms with van der Waals surface area (Å²) in [4.78, 5) is 0. The number of halogens is 1. The molecule has 2 aromatic rings. The molecule has 2 heterocycles. The second-order valence-corrected chi connectivity index (χ2v) is 2.66. The summed E-state index contributed by atoms with van der Waals surface area (Å²) in [6, 6.07) is 5.06. The van der Waals surface area contributed by atoms with Gasteiger partial charge in [-0.15, -0.1) is 0 Å². The van der Waals surface area contributed by atoms with Gasteiger partial charge in [-0.2, -0.15) is 9.49 Å². The molecular weight excluding hydrogens is 155 g/mol. The summed E-state index contributed by atoms with van der Waals surface area (Å²) in [6.45, 7) is 2.04. The van der Waals surface area contributed by atoms with Crippen LogP contribution in [0.4, 0.5) is 4.39 Å². The van der Waals surface area contributed by atoms with Crippen molar-refractivity contribution in [3.8, 4) is 0 Å². The Bertz CT molecular complexity index is 406. The zero-order chi connectivity index (χ0) is 8.55. The van der Waals surface area contributed by atoms with Crippen LogP contribution in [0.1, 0.15) is 12.5 Å². The minimum Gasteiger partial charge on any atom is -0.206 e. The Morgan fingerprint density at radius 2 is 2.25 bits per heavy atom. The molecule has 0 aliphatic carbocycles. The van der Waals surface area contributed by atoms with E-state index in [-0.39, 0.29) is 5.95 Å². The minimum absolute atomic E-state index is 0.313. The summed E-state index contributed by atoms with van der Waals surface area (Å²) in [5.74, 6) is -0.313. The van der Waals surface area contributed by atoms with Gasteiger partial charge in [-0.25, -0.2) is 4.52 Å². The van der Waals surface area contributed by atoms with Gasteiger partial charge in [0, 0.05) is 0 Å². The summed E-state index contributed by atoms with van der Waals surface area (Å²) in [6.07, 6.45) is 2.51. The van der Waals surface area contributed by atoms with Crippen LogP contribution in [0.2, 0.25) is 0 Å². The number of hydrogen-bond donors (Lipinski definition) is 0.